The lowest BCUT2D eigenvalue weighted by atomic mass is 10.2. The Bertz CT molecular complexity index is 341. The molecule has 96 valence electrons. The predicted molar refractivity (Wildman–Crippen MR) is 79.0 cm³/mol. The maximum absolute atomic E-state index is 6.05. The van der Waals surface area contributed by atoms with Crippen molar-refractivity contribution in [2.75, 3.05) is 12.3 Å². The molecule has 0 aliphatic rings. The fraction of sp³-hybridized carbons (Fsp3) is 0.571. The van der Waals surface area contributed by atoms with Crippen molar-refractivity contribution in [1.82, 2.24) is 5.32 Å². The molecule has 0 aromatic heterocycles. The molecule has 1 unspecified atom stereocenters. The summed E-state index contributed by atoms with van der Waals surface area (Å²) < 4.78 is 0. The van der Waals surface area contributed by atoms with Crippen LogP contribution in [0.2, 0.25) is 5.02 Å². The van der Waals surface area contributed by atoms with E-state index in [1.807, 2.05) is 17.8 Å². The van der Waals surface area contributed by atoms with Gasteiger partial charge in [0.1, 0.15) is 0 Å². The van der Waals surface area contributed by atoms with Gasteiger partial charge < -0.3 is 5.32 Å². The van der Waals surface area contributed by atoms with Crippen LogP contribution in [0.1, 0.15) is 32.8 Å². The van der Waals surface area contributed by atoms with Gasteiger partial charge in [0, 0.05) is 22.2 Å². The average Bonchev–Trinajstić information content (AvgIpc) is 2.34. The van der Waals surface area contributed by atoms with Gasteiger partial charge in [-0.05, 0) is 36.2 Å². The van der Waals surface area contributed by atoms with Crippen LogP contribution in [0.15, 0.2) is 23.1 Å². The highest BCUT2D eigenvalue weighted by atomic mass is 35.5. The molecule has 1 aromatic carbocycles. The topological polar surface area (TPSA) is 12.0 Å². The van der Waals surface area contributed by atoms with Crippen molar-refractivity contribution in [2.24, 2.45) is 5.92 Å². The summed E-state index contributed by atoms with van der Waals surface area (Å²) in [6.07, 6.45) is 1.24. The Kier molecular flexibility index (Phi) is 7.02. The minimum atomic E-state index is 0.766. The second-order valence-electron chi connectivity index (χ2n) is 4.36. The summed E-state index contributed by atoms with van der Waals surface area (Å²) in [5.74, 6) is 1.94. The number of halogens is 1. The van der Waals surface area contributed by atoms with Gasteiger partial charge in [-0.25, -0.2) is 0 Å². The van der Waals surface area contributed by atoms with E-state index in [1.165, 1.54) is 22.6 Å². The van der Waals surface area contributed by atoms with Crippen molar-refractivity contribution in [3.05, 3.63) is 28.8 Å². The number of benzene rings is 1. The number of thioether (sulfide) groups is 1. The molecule has 0 aliphatic carbocycles. The fourth-order valence-electron chi connectivity index (χ4n) is 1.44. The summed E-state index contributed by atoms with van der Waals surface area (Å²) in [6, 6.07) is 6.20. The third-order valence-corrected chi connectivity index (χ3v) is 4.49. The van der Waals surface area contributed by atoms with Gasteiger partial charge in [0.05, 0.1) is 0 Å². The van der Waals surface area contributed by atoms with Crippen LogP contribution in [0.4, 0.5) is 0 Å². The van der Waals surface area contributed by atoms with Crippen molar-refractivity contribution >= 4 is 23.4 Å². The Morgan fingerprint density at radius 2 is 2.12 bits per heavy atom. The van der Waals surface area contributed by atoms with Gasteiger partial charge in [0.2, 0.25) is 0 Å². The minimum Gasteiger partial charge on any atom is -0.313 e. The van der Waals surface area contributed by atoms with E-state index in [-0.39, 0.29) is 0 Å². The van der Waals surface area contributed by atoms with E-state index in [2.05, 4.69) is 38.2 Å². The molecule has 0 amide bonds. The molecule has 0 aliphatic heterocycles. The lowest BCUT2D eigenvalue weighted by Crippen LogP contribution is -2.12. The average molecular weight is 272 g/mol. The molecule has 17 heavy (non-hydrogen) atoms. The highest BCUT2D eigenvalue weighted by Gasteiger charge is 2.06. The van der Waals surface area contributed by atoms with Gasteiger partial charge in [0.25, 0.3) is 0 Å². The Morgan fingerprint density at radius 1 is 1.35 bits per heavy atom. The van der Waals surface area contributed by atoms with Crippen LogP contribution >= 0.6 is 23.4 Å². The Balaban J connectivity index is 2.68. The second kappa shape index (κ2) is 8.02. The van der Waals surface area contributed by atoms with Crippen LogP contribution in [0.25, 0.3) is 0 Å². The summed E-state index contributed by atoms with van der Waals surface area (Å²) in [4.78, 5) is 1.36. The first-order chi connectivity index (χ1) is 8.17. The van der Waals surface area contributed by atoms with E-state index in [1.54, 1.807) is 0 Å². The highest BCUT2D eigenvalue weighted by molar-refractivity contribution is 7.99. The molecule has 1 aromatic rings. The van der Waals surface area contributed by atoms with E-state index in [0.29, 0.717) is 0 Å². The van der Waals surface area contributed by atoms with E-state index >= 15 is 0 Å². The van der Waals surface area contributed by atoms with Crippen molar-refractivity contribution in [1.29, 1.82) is 0 Å². The van der Waals surface area contributed by atoms with Crippen molar-refractivity contribution in [3.63, 3.8) is 0 Å². The molecule has 1 N–H and O–H groups in total. The molecule has 0 heterocycles. The molecule has 1 nitrogen and oxygen atoms in total. The number of rotatable bonds is 7. The monoisotopic (exact) mass is 271 g/mol. The summed E-state index contributed by atoms with van der Waals surface area (Å²) in [5.41, 5.74) is 1.31. The Morgan fingerprint density at radius 3 is 2.76 bits per heavy atom. The smallest absolute Gasteiger partial charge is 0.0410 e. The first-order valence-corrected chi connectivity index (χ1v) is 7.65. The van der Waals surface area contributed by atoms with Crippen LogP contribution in [-0.4, -0.2) is 12.3 Å². The molecule has 0 radical (unpaired) electrons. The first kappa shape index (κ1) is 14.9. The molecule has 1 rings (SSSR count). The maximum atomic E-state index is 6.05. The lowest BCUT2D eigenvalue weighted by molar-refractivity contribution is 0.636. The zero-order valence-corrected chi connectivity index (χ0v) is 12.5. The molecule has 3 heteroatoms. The predicted octanol–water partition coefficient (Wildman–Crippen LogP) is 4.59. The zero-order chi connectivity index (χ0) is 12.7. The number of nitrogens with one attached hydrogen (secondary N) is 1. The van der Waals surface area contributed by atoms with Crippen LogP contribution in [0.5, 0.6) is 0 Å². The van der Waals surface area contributed by atoms with Crippen LogP contribution in [0.3, 0.4) is 0 Å². The third kappa shape index (κ3) is 5.33. The van der Waals surface area contributed by atoms with E-state index in [0.717, 1.165) is 24.0 Å². The quantitative estimate of drug-likeness (QED) is 0.728. The number of hydrogen-bond donors (Lipinski definition) is 1. The van der Waals surface area contributed by atoms with Crippen LogP contribution in [0, 0.1) is 5.92 Å². The minimum absolute atomic E-state index is 0.766. The van der Waals surface area contributed by atoms with Gasteiger partial charge in [-0.3, -0.25) is 0 Å². The maximum Gasteiger partial charge on any atom is 0.0410 e. The molecular weight excluding hydrogens is 250 g/mol. The molecule has 0 spiro atoms. The van der Waals surface area contributed by atoms with Crippen LogP contribution in [-0.2, 0) is 6.54 Å². The zero-order valence-electron chi connectivity index (χ0n) is 10.9. The van der Waals surface area contributed by atoms with Crippen molar-refractivity contribution < 1.29 is 0 Å². The first-order valence-electron chi connectivity index (χ1n) is 6.29. The standard InChI is InChI=1S/C14H22ClNS/c1-4-11(3)10-17-14-7-6-13(15)8-12(14)9-16-5-2/h6-8,11,16H,4-5,9-10H2,1-3H3. The van der Waals surface area contributed by atoms with E-state index in [4.69, 9.17) is 11.6 Å². The summed E-state index contributed by atoms with van der Waals surface area (Å²) in [5, 5.41) is 4.19. The largest absolute Gasteiger partial charge is 0.313 e. The van der Waals surface area contributed by atoms with Crippen molar-refractivity contribution in [2.45, 2.75) is 38.6 Å². The number of hydrogen-bond acceptors (Lipinski definition) is 2. The Labute approximate surface area is 114 Å². The third-order valence-electron chi connectivity index (χ3n) is 2.81. The molecule has 1 atom stereocenters. The molecule has 0 fully saturated rings. The fourth-order valence-corrected chi connectivity index (χ4v) is 2.81. The molecule has 0 bridgehead atoms. The Hall–Kier alpha value is -0.180. The summed E-state index contributed by atoms with van der Waals surface area (Å²) in [6.45, 7) is 8.55. The van der Waals surface area contributed by atoms with Gasteiger partial charge in [-0.2, -0.15) is 0 Å². The van der Waals surface area contributed by atoms with E-state index < -0.39 is 0 Å². The van der Waals surface area contributed by atoms with Gasteiger partial charge >= 0.3 is 0 Å². The lowest BCUT2D eigenvalue weighted by Gasteiger charge is -2.12. The van der Waals surface area contributed by atoms with Gasteiger partial charge in [-0.15, -0.1) is 11.8 Å². The van der Waals surface area contributed by atoms with Crippen molar-refractivity contribution in [3.8, 4) is 0 Å². The summed E-state index contributed by atoms with van der Waals surface area (Å²) >= 11 is 7.99. The summed E-state index contributed by atoms with van der Waals surface area (Å²) in [7, 11) is 0. The second-order valence-corrected chi connectivity index (χ2v) is 5.86. The highest BCUT2D eigenvalue weighted by Crippen LogP contribution is 2.27. The SMILES string of the molecule is CCNCc1cc(Cl)ccc1SCC(C)CC. The van der Waals surface area contributed by atoms with Gasteiger partial charge in [-0.1, -0.05) is 38.8 Å². The molecular formula is C14H22ClNS. The van der Waals surface area contributed by atoms with Crippen LogP contribution < -0.4 is 5.32 Å². The normalized spacial score (nSPS) is 12.7. The molecule has 0 saturated heterocycles. The molecule has 0 saturated carbocycles. The van der Waals surface area contributed by atoms with E-state index in [9.17, 15) is 0 Å². The van der Waals surface area contributed by atoms with Gasteiger partial charge in [0.15, 0.2) is 0 Å².